The number of rotatable bonds is 8. The molecule has 0 nitrogen and oxygen atoms in total. The molecule has 1 radical (unpaired) electrons. The molecule has 0 spiro atoms. The molecule has 0 bridgehead atoms. The van der Waals surface area contributed by atoms with Crippen LogP contribution in [0.1, 0.15) is 39.5 Å². The molecule has 0 fully saturated rings. The van der Waals surface area contributed by atoms with Crippen molar-refractivity contribution in [3.8, 4) is 0 Å². The van der Waals surface area contributed by atoms with Crippen LogP contribution >= 0.6 is 6.13 Å². The number of unbranched alkanes of at least 4 members (excludes halogenated alkanes) is 2. The van der Waals surface area contributed by atoms with Gasteiger partial charge in [-0.3, -0.25) is 0 Å². The molecule has 0 aromatic rings. The van der Waals surface area contributed by atoms with Crippen LogP contribution in [0.25, 0.3) is 0 Å². The Labute approximate surface area is 95.6 Å². The van der Waals surface area contributed by atoms with Gasteiger partial charge in [0.25, 0.3) is 0 Å². The third-order valence-corrected chi connectivity index (χ3v) is 42.6. The number of hydrogen-bond donors (Lipinski definition) is 0. The second kappa shape index (κ2) is 10.9. The van der Waals surface area contributed by atoms with Gasteiger partial charge in [-0.05, 0) is 0 Å². The van der Waals surface area contributed by atoms with Crippen molar-refractivity contribution in [2.75, 3.05) is 0 Å². The molecule has 71 valence electrons. The van der Waals surface area contributed by atoms with Crippen molar-refractivity contribution in [2.45, 2.75) is 48.4 Å². The van der Waals surface area contributed by atoms with E-state index in [1.165, 1.54) is 25.7 Å². The molecule has 0 unspecified atom stereocenters. The maximum absolute atomic E-state index is 4.38. The normalized spacial score (nSPS) is 10.2. The third kappa shape index (κ3) is 9.90. The van der Waals surface area contributed by atoms with Gasteiger partial charge >= 0.3 is 96.7 Å². The summed E-state index contributed by atoms with van der Waals surface area (Å²) < 4.78 is 7.54. The van der Waals surface area contributed by atoms with Gasteiger partial charge < -0.3 is 0 Å². The Bertz CT molecular complexity index is 115. The molecule has 0 rings (SSSR count). The summed E-state index contributed by atoms with van der Waals surface area (Å²) in [5, 5.41) is 0. The van der Waals surface area contributed by atoms with Gasteiger partial charge in [-0.2, -0.15) is 0 Å². The molecule has 0 saturated heterocycles. The minimum atomic E-state index is -1.03. The van der Waals surface area contributed by atoms with E-state index >= 15 is 0 Å². The van der Waals surface area contributed by atoms with E-state index in [1.807, 2.05) is 0 Å². The maximum atomic E-state index is 4.38. The fraction of sp³-hybridized carbons (Fsp3) is 0.889. The van der Waals surface area contributed by atoms with Crippen LogP contribution in [0.15, 0.2) is 0 Å². The van der Waals surface area contributed by atoms with Gasteiger partial charge in [-0.25, -0.2) is 0 Å². The van der Waals surface area contributed by atoms with Gasteiger partial charge in [0.2, 0.25) is 0 Å². The van der Waals surface area contributed by atoms with Crippen molar-refractivity contribution in [1.82, 2.24) is 0 Å². The van der Waals surface area contributed by atoms with Crippen LogP contribution < -0.4 is 0 Å². The monoisotopic (exact) mass is 401 g/mol. The summed E-state index contributed by atoms with van der Waals surface area (Å²) in [6, 6.07) is 0. The van der Waals surface area contributed by atoms with Crippen molar-refractivity contribution >= 4 is 48.3 Å². The Morgan fingerprint density at radius 1 is 1.25 bits per heavy atom. The summed E-state index contributed by atoms with van der Waals surface area (Å²) in [5.74, 6) is 0. The van der Waals surface area contributed by atoms with E-state index in [4.69, 9.17) is 0 Å². The van der Waals surface area contributed by atoms with Crippen LogP contribution in [0.4, 0.5) is 0 Å². The molecule has 0 atom stereocenters. The Balaban J connectivity index is 3.08. The molecule has 0 aliphatic carbocycles. The van der Waals surface area contributed by atoms with E-state index in [1.54, 1.807) is 8.87 Å². The van der Waals surface area contributed by atoms with E-state index in [0.29, 0.717) is 0 Å². The molecule has 0 aromatic carbocycles. The summed E-state index contributed by atoms with van der Waals surface area (Å²) in [7, 11) is 0. The van der Waals surface area contributed by atoms with Gasteiger partial charge in [0.1, 0.15) is 0 Å². The van der Waals surface area contributed by atoms with Crippen molar-refractivity contribution < 1.29 is 0 Å². The number of hydrogen-bond acceptors (Lipinski definition) is 1. The van der Waals surface area contributed by atoms with Gasteiger partial charge in [-0.15, -0.1) is 0 Å². The zero-order valence-electron chi connectivity index (χ0n) is 8.44. The molecule has 0 amide bonds. The second-order valence-electron chi connectivity index (χ2n) is 3.07. The first-order chi connectivity index (χ1) is 5.81. The Morgan fingerprint density at radius 2 is 1.92 bits per heavy atom. The first kappa shape index (κ1) is 13.8. The zero-order valence-corrected chi connectivity index (χ0v) is 15.4. The molecule has 3 heteroatoms. The van der Waals surface area contributed by atoms with Gasteiger partial charge in [-0.1, -0.05) is 0 Å². The van der Waals surface area contributed by atoms with Crippen LogP contribution in [0.5, 0.6) is 0 Å². The Morgan fingerprint density at radius 3 is 2.50 bits per heavy atom. The van der Waals surface area contributed by atoms with E-state index < -0.39 is 17.9 Å². The van der Waals surface area contributed by atoms with Crippen LogP contribution in [-0.4, -0.2) is 42.2 Å². The van der Waals surface area contributed by atoms with Crippen molar-refractivity contribution in [3.05, 3.63) is 0 Å². The molecular formula is C9H21SSn2. The Hall–Kier alpha value is 1.82. The van der Waals surface area contributed by atoms with E-state index in [-0.39, 0.29) is 19.8 Å². The predicted molar refractivity (Wildman–Crippen MR) is 67.0 cm³/mol. The molecule has 0 saturated carbocycles. The van der Waals surface area contributed by atoms with E-state index in [0.717, 1.165) is 0 Å². The summed E-state index contributed by atoms with van der Waals surface area (Å²) in [6.45, 7) is 4.59. The topological polar surface area (TPSA) is 0 Å². The molecule has 12 heavy (non-hydrogen) atoms. The fourth-order valence-corrected chi connectivity index (χ4v) is 38.3. The molecule has 0 aromatic heterocycles. The quantitative estimate of drug-likeness (QED) is 0.447. The molecule has 0 N–H and O–H groups in total. The minimum absolute atomic E-state index is 0.150. The van der Waals surface area contributed by atoms with E-state index in [2.05, 4.69) is 24.5 Å². The van der Waals surface area contributed by atoms with Gasteiger partial charge in [0.15, 0.2) is 0 Å². The SMILES string of the molecule is [CH2]=[Sn]([CH2]CCC)[S][SnH][CH2]CCC. The summed E-state index contributed by atoms with van der Waals surface area (Å²) in [4.78, 5) is 0. The predicted octanol–water partition coefficient (Wildman–Crippen LogP) is 3.09. The van der Waals surface area contributed by atoms with Crippen molar-refractivity contribution in [3.63, 3.8) is 0 Å². The third-order valence-electron chi connectivity index (χ3n) is 1.73. The molecule has 0 aliphatic rings. The summed E-state index contributed by atoms with van der Waals surface area (Å²) in [5.41, 5.74) is 0. The molecule has 0 heterocycles. The summed E-state index contributed by atoms with van der Waals surface area (Å²) in [6.07, 6.45) is 8.17. The van der Waals surface area contributed by atoms with Crippen molar-refractivity contribution in [2.24, 2.45) is 0 Å². The standard InChI is InChI=1S/2C4H9.CH2.S.2Sn.H/c2*1-3-4-2;;;;;/h2*1,3-4H2,2H3;1H2;;;;. The fourth-order valence-electron chi connectivity index (χ4n) is 0.897. The first-order valence-corrected chi connectivity index (χ1v) is 19.7. The van der Waals surface area contributed by atoms with E-state index in [9.17, 15) is 0 Å². The first-order valence-electron chi connectivity index (χ1n) is 4.97. The van der Waals surface area contributed by atoms with Crippen molar-refractivity contribution in [1.29, 1.82) is 0 Å². The van der Waals surface area contributed by atoms with Crippen LogP contribution in [0, 0.1) is 0 Å². The molecular weight excluding hydrogens is 378 g/mol. The average molecular weight is 399 g/mol. The van der Waals surface area contributed by atoms with Gasteiger partial charge in [0, 0.05) is 0 Å². The zero-order chi connectivity index (χ0) is 9.23. The van der Waals surface area contributed by atoms with Crippen LogP contribution in [-0.2, 0) is 0 Å². The van der Waals surface area contributed by atoms with Crippen LogP contribution in [0.2, 0.25) is 8.87 Å². The van der Waals surface area contributed by atoms with Gasteiger partial charge in [0.05, 0.1) is 0 Å². The molecule has 0 aliphatic heterocycles. The second-order valence-corrected chi connectivity index (χ2v) is 32.1. The summed E-state index contributed by atoms with van der Waals surface area (Å²) >= 11 is -1.18. The van der Waals surface area contributed by atoms with Crippen LogP contribution in [0.3, 0.4) is 0 Å². The average Bonchev–Trinajstić information content (AvgIpc) is 2.09. The Kier molecular flexibility index (Phi) is 12.5.